The summed E-state index contributed by atoms with van der Waals surface area (Å²) < 4.78 is 36.2. The van der Waals surface area contributed by atoms with Crippen LogP contribution in [0, 0.1) is 0 Å². The second-order valence-electron chi connectivity index (χ2n) is 5.81. The maximum absolute atomic E-state index is 13.0. The summed E-state index contributed by atoms with van der Waals surface area (Å²) in [5.74, 6) is -0.353. The number of hydrogen-bond donors (Lipinski definition) is 0. The van der Waals surface area contributed by atoms with Crippen LogP contribution < -0.4 is 9.61 Å². The third-order valence-electron chi connectivity index (χ3n) is 4.05. The first-order valence-corrected chi connectivity index (χ1v) is 9.58. The van der Waals surface area contributed by atoms with Crippen LogP contribution >= 0.6 is 0 Å². The van der Waals surface area contributed by atoms with Gasteiger partial charge in [-0.3, -0.25) is 4.79 Å². The van der Waals surface area contributed by atoms with Crippen molar-refractivity contribution in [2.45, 2.75) is 4.90 Å². The zero-order valence-electron chi connectivity index (χ0n) is 14.0. The normalized spacial score (nSPS) is 11.4. The van der Waals surface area contributed by atoms with Gasteiger partial charge < -0.3 is 8.60 Å². The van der Waals surface area contributed by atoms with Crippen molar-refractivity contribution in [1.29, 1.82) is 0 Å². The average Bonchev–Trinajstić information content (AvgIpc) is 2.69. The lowest BCUT2D eigenvalue weighted by Gasteiger charge is -2.11. The molecule has 1 aromatic heterocycles. The monoisotopic (exact) mass is 378 g/mol. The fraction of sp³-hybridized carbons (Fsp3) is 0. The maximum Gasteiger partial charge on any atom is 0.341 e. The Balaban J connectivity index is 1.96. The number of hydrogen-bond acceptors (Lipinski definition) is 5. The largest absolute Gasteiger partial charge is 0.424 e. The second kappa shape index (κ2) is 6.74. The van der Waals surface area contributed by atoms with Gasteiger partial charge in [0.05, 0.1) is 5.39 Å². The minimum atomic E-state index is -4.16. The van der Waals surface area contributed by atoms with Crippen LogP contribution in [0.5, 0.6) is 5.95 Å². The van der Waals surface area contributed by atoms with E-state index in [2.05, 4.69) is 0 Å². The third kappa shape index (κ3) is 3.22. The molecule has 0 saturated carbocycles. The molecule has 0 bridgehead atoms. The summed E-state index contributed by atoms with van der Waals surface area (Å²) >= 11 is 0. The summed E-state index contributed by atoms with van der Waals surface area (Å²) in [6, 6.07) is 23.0. The van der Waals surface area contributed by atoms with E-state index in [0.717, 1.165) is 0 Å². The summed E-state index contributed by atoms with van der Waals surface area (Å²) in [7, 11) is -4.16. The van der Waals surface area contributed by atoms with Gasteiger partial charge in [-0.05, 0) is 29.8 Å². The molecule has 0 aliphatic carbocycles. The second-order valence-corrected chi connectivity index (χ2v) is 7.35. The standard InChI is InChI=1S/C21H14O5S/c22-20-17-13-7-8-14-18(17)25-21(19(20)15-9-3-1-4-10-15)26-27(23,24)16-11-5-2-6-12-16/h1-14H. The first-order valence-electron chi connectivity index (χ1n) is 8.17. The van der Waals surface area contributed by atoms with E-state index in [0.29, 0.717) is 10.9 Å². The molecule has 0 spiro atoms. The van der Waals surface area contributed by atoms with E-state index in [1.807, 2.05) is 0 Å². The summed E-state index contributed by atoms with van der Waals surface area (Å²) in [6.07, 6.45) is 0. The Hall–Kier alpha value is -3.38. The molecule has 3 aromatic carbocycles. The Labute approximate surface area is 155 Å². The summed E-state index contributed by atoms with van der Waals surface area (Å²) in [4.78, 5) is 13.0. The Morgan fingerprint density at radius 2 is 1.33 bits per heavy atom. The van der Waals surface area contributed by atoms with Crippen molar-refractivity contribution >= 4 is 21.1 Å². The molecule has 0 saturated heterocycles. The third-order valence-corrected chi connectivity index (χ3v) is 5.27. The van der Waals surface area contributed by atoms with Gasteiger partial charge in [0.1, 0.15) is 16.0 Å². The van der Waals surface area contributed by atoms with Crippen LogP contribution in [0.3, 0.4) is 0 Å². The average molecular weight is 378 g/mol. The molecular weight excluding hydrogens is 364 g/mol. The molecule has 1 heterocycles. The number of benzene rings is 3. The lowest BCUT2D eigenvalue weighted by atomic mass is 10.1. The van der Waals surface area contributed by atoms with Gasteiger partial charge in [-0.25, -0.2) is 0 Å². The maximum atomic E-state index is 13.0. The van der Waals surface area contributed by atoms with E-state index < -0.39 is 10.1 Å². The Kier molecular flexibility index (Phi) is 4.25. The minimum Gasteiger partial charge on any atom is -0.424 e. The minimum absolute atomic E-state index is 0.0279. The van der Waals surface area contributed by atoms with E-state index in [-0.39, 0.29) is 27.4 Å². The van der Waals surface area contributed by atoms with Crippen molar-refractivity contribution in [3.63, 3.8) is 0 Å². The molecule has 0 unspecified atom stereocenters. The first-order chi connectivity index (χ1) is 13.1. The van der Waals surface area contributed by atoms with Gasteiger partial charge in [0, 0.05) is 0 Å². The molecule has 0 aliphatic rings. The molecule has 0 fully saturated rings. The molecule has 0 atom stereocenters. The van der Waals surface area contributed by atoms with Crippen LogP contribution in [0.1, 0.15) is 0 Å². The quantitative estimate of drug-likeness (QED) is 0.497. The Morgan fingerprint density at radius 3 is 2.04 bits per heavy atom. The summed E-state index contributed by atoms with van der Waals surface area (Å²) in [5, 5.41) is 0.348. The lowest BCUT2D eigenvalue weighted by Crippen LogP contribution is -2.14. The van der Waals surface area contributed by atoms with Crippen molar-refractivity contribution in [2.75, 3.05) is 0 Å². The first kappa shape index (κ1) is 17.1. The summed E-state index contributed by atoms with van der Waals surface area (Å²) in [6.45, 7) is 0. The van der Waals surface area contributed by atoms with Gasteiger partial charge >= 0.3 is 16.1 Å². The van der Waals surface area contributed by atoms with Gasteiger partial charge in [-0.2, -0.15) is 8.42 Å². The number of fused-ring (bicyclic) bond motifs is 1. The SMILES string of the molecule is O=c1c(-c2ccccc2)c(OS(=O)(=O)c2ccccc2)oc2ccccc12. The molecule has 6 heteroatoms. The molecule has 0 N–H and O–H groups in total. The van der Waals surface area contributed by atoms with Crippen molar-refractivity contribution in [3.8, 4) is 17.1 Å². The van der Waals surface area contributed by atoms with Crippen LogP contribution in [-0.4, -0.2) is 8.42 Å². The van der Waals surface area contributed by atoms with Gasteiger partial charge in [0.2, 0.25) is 5.43 Å². The molecule has 0 aliphatic heterocycles. The topological polar surface area (TPSA) is 73.6 Å². The van der Waals surface area contributed by atoms with E-state index >= 15 is 0 Å². The highest BCUT2D eigenvalue weighted by atomic mass is 32.2. The number of rotatable bonds is 4. The van der Waals surface area contributed by atoms with Crippen LogP contribution in [-0.2, 0) is 10.1 Å². The Morgan fingerprint density at radius 1 is 0.741 bits per heavy atom. The van der Waals surface area contributed by atoms with Crippen LogP contribution in [0.2, 0.25) is 0 Å². The van der Waals surface area contributed by atoms with E-state index in [1.165, 1.54) is 12.1 Å². The predicted molar refractivity (Wildman–Crippen MR) is 102 cm³/mol. The summed E-state index contributed by atoms with van der Waals surface area (Å²) in [5.41, 5.74) is 0.464. The molecule has 0 radical (unpaired) electrons. The van der Waals surface area contributed by atoms with Gasteiger partial charge in [-0.15, -0.1) is 0 Å². The van der Waals surface area contributed by atoms with Crippen LogP contribution in [0.25, 0.3) is 22.1 Å². The van der Waals surface area contributed by atoms with E-state index in [9.17, 15) is 13.2 Å². The lowest BCUT2D eigenvalue weighted by molar-refractivity contribution is 0.393. The highest BCUT2D eigenvalue weighted by molar-refractivity contribution is 7.87. The van der Waals surface area contributed by atoms with Gasteiger partial charge in [0.25, 0.3) is 0 Å². The van der Waals surface area contributed by atoms with Crippen molar-refractivity contribution in [2.24, 2.45) is 0 Å². The smallest absolute Gasteiger partial charge is 0.341 e. The van der Waals surface area contributed by atoms with E-state index in [1.54, 1.807) is 72.8 Å². The van der Waals surface area contributed by atoms with Crippen LogP contribution in [0.15, 0.2) is 99.0 Å². The Bertz CT molecular complexity index is 1260. The van der Waals surface area contributed by atoms with Crippen LogP contribution in [0.4, 0.5) is 0 Å². The van der Waals surface area contributed by atoms with Crippen molar-refractivity contribution in [1.82, 2.24) is 0 Å². The fourth-order valence-electron chi connectivity index (χ4n) is 2.77. The molecule has 0 amide bonds. The van der Waals surface area contributed by atoms with Gasteiger partial charge in [0.15, 0.2) is 0 Å². The molecule has 134 valence electrons. The molecule has 27 heavy (non-hydrogen) atoms. The zero-order chi connectivity index (χ0) is 18.9. The van der Waals surface area contributed by atoms with Crippen molar-refractivity contribution in [3.05, 3.63) is 95.2 Å². The molecule has 5 nitrogen and oxygen atoms in total. The predicted octanol–water partition coefficient (Wildman–Crippen LogP) is 4.23. The highest BCUT2D eigenvalue weighted by Gasteiger charge is 2.24. The van der Waals surface area contributed by atoms with Crippen molar-refractivity contribution < 1.29 is 17.0 Å². The number of para-hydroxylation sites is 1. The van der Waals surface area contributed by atoms with E-state index in [4.69, 9.17) is 8.60 Å². The molecule has 4 aromatic rings. The zero-order valence-corrected chi connectivity index (χ0v) is 14.8. The molecule has 4 rings (SSSR count). The van der Waals surface area contributed by atoms with Gasteiger partial charge in [-0.1, -0.05) is 60.7 Å². The fourth-order valence-corrected chi connectivity index (χ4v) is 3.67. The molecular formula is C21H14O5S. The highest BCUT2D eigenvalue weighted by Crippen LogP contribution is 2.32.